The van der Waals surface area contributed by atoms with Gasteiger partial charge < -0.3 is 14.2 Å². The van der Waals surface area contributed by atoms with Crippen molar-refractivity contribution < 1.29 is 23.8 Å². The molecule has 0 saturated carbocycles. The van der Waals surface area contributed by atoms with Crippen molar-refractivity contribution >= 4 is 11.9 Å². The van der Waals surface area contributed by atoms with Gasteiger partial charge in [-0.2, -0.15) is 0 Å². The smallest absolute Gasteiger partial charge is 0.421 e. The monoisotopic (exact) mass is 252 g/mol. The Morgan fingerprint density at radius 2 is 1.56 bits per heavy atom. The van der Waals surface area contributed by atoms with Crippen LogP contribution in [-0.4, -0.2) is 17.9 Å². The molecule has 0 heterocycles. The number of benzene rings is 1. The molecule has 1 aromatic carbocycles. The van der Waals surface area contributed by atoms with Crippen LogP contribution in [0.3, 0.4) is 0 Å². The fourth-order valence-electron chi connectivity index (χ4n) is 1.39. The van der Waals surface area contributed by atoms with Crippen molar-refractivity contribution in [3.05, 3.63) is 30.3 Å². The molecule has 5 nitrogen and oxygen atoms in total. The normalized spacial score (nSPS) is 10.6. The van der Waals surface area contributed by atoms with Gasteiger partial charge in [0, 0.05) is 13.8 Å². The molecular formula is C13H16O5. The maximum absolute atomic E-state index is 11.1. The molecule has 5 heteroatoms. The molecule has 0 amide bonds. The van der Waals surface area contributed by atoms with Gasteiger partial charge in [0.2, 0.25) is 0 Å². The highest BCUT2D eigenvalue weighted by molar-refractivity contribution is 5.68. The molecule has 0 aliphatic rings. The summed E-state index contributed by atoms with van der Waals surface area (Å²) in [5, 5.41) is 0. The first-order valence-corrected chi connectivity index (χ1v) is 5.60. The van der Waals surface area contributed by atoms with Crippen molar-refractivity contribution in [2.24, 2.45) is 0 Å². The van der Waals surface area contributed by atoms with Gasteiger partial charge in [-0.1, -0.05) is 25.1 Å². The minimum Gasteiger partial charge on any atom is -0.421 e. The van der Waals surface area contributed by atoms with Crippen molar-refractivity contribution in [3.8, 4) is 5.75 Å². The van der Waals surface area contributed by atoms with Crippen molar-refractivity contribution in [3.63, 3.8) is 0 Å². The maximum Gasteiger partial charge on any atom is 0.421 e. The van der Waals surface area contributed by atoms with Crippen molar-refractivity contribution in [1.82, 2.24) is 0 Å². The number of ether oxygens (including phenoxy) is 3. The van der Waals surface area contributed by atoms with Crippen molar-refractivity contribution in [2.45, 2.75) is 33.2 Å². The van der Waals surface area contributed by atoms with Crippen molar-refractivity contribution in [1.29, 1.82) is 0 Å². The highest BCUT2D eigenvalue weighted by Gasteiger charge is 2.38. The minimum atomic E-state index is -1.71. The van der Waals surface area contributed by atoms with E-state index in [1.807, 2.05) is 6.07 Å². The fraction of sp³-hybridized carbons (Fsp3) is 0.385. The van der Waals surface area contributed by atoms with Gasteiger partial charge in [-0.05, 0) is 12.1 Å². The number of hydrogen-bond acceptors (Lipinski definition) is 5. The Balaban J connectivity index is 2.94. The highest BCUT2D eigenvalue weighted by Crippen LogP contribution is 2.24. The Morgan fingerprint density at radius 3 is 1.94 bits per heavy atom. The molecule has 0 fully saturated rings. The van der Waals surface area contributed by atoms with Crippen LogP contribution in [0.25, 0.3) is 0 Å². The number of rotatable bonds is 5. The number of para-hydroxylation sites is 1. The van der Waals surface area contributed by atoms with Crippen LogP contribution in [0.2, 0.25) is 0 Å². The standard InChI is InChI=1S/C13H16O5/c1-4-13(16-10(2)14,17-11(3)15)18-12-8-6-5-7-9-12/h5-9H,4H2,1-3H3. The molecule has 1 rings (SSSR count). The Hall–Kier alpha value is -2.04. The van der Waals surface area contributed by atoms with Crippen LogP contribution in [0.5, 0.6) is 5.75 Å². The first-order valence-electron chi connectivity index (χ1n) is 5.60. The number of carbonyl (C=O) groups excluding carboxylic acids is 2. The highest BCUT2D eigenvalue weighted by atomic mass is 16.9. The molecule has 0 atom stereocenters. The molecule has 0 aliphatic heterocycles. The number of carbonyl (C=O) groups is 2. The van der Waals surface area contributed by atoms with Crippen LogP contribution in [0.1, 0.15) is 27.2 Å². The van der Waals surface area contributed by atoms with Gasteiger partial charge in [0.1, 0.15) is 5.75 Å². The topological polar surface area (TPSA) is 61.8 Å². The quantitative estimate of drug-likeness (QED) is 0.594. The van der Waals surface area contributed by atoms with Gasteiger partial charge in [0.15, 0.2) is 0 Å². The van der Waals surface area contributed by atoms with Gasteiger partial charge >= 0.3 is 17.9 Å². The van der Waals surface area contributed by atoms with Crippen LogP contribution in [0.15, 0.2) is 30.3 Å². The molecular weight excluding hydrogens is 236 g/mol. The average molecular weight is 252 g/mol. The summed E-state index contributed by atoms with van der Waals surface area (Å²) >= 11 is 0. The third-order valence-corrected chi connectivity index (χ3v) is 2.05. The zero-order valence-electron chi connectivity index (χ0n) is 10.6. The van der Waals surface area contributed by atoms with E-state index in [0.717, 1.165) is 0 Å². The lowest BCUT2D eigenvalue weighted by Crippen LogP contribution is -2.44. The van der Waals surface area contributed by atoms with Gasteiger partial charge in [0.25, 0.3) is 0 Å². The summed E-state index contributed by atoms with van der Waals surface area (Å²) in [6, 6.07) is 8.70. The summed E-state index contributed by atoms with van der Waals surface area (Å²) in [6.07, 6.45) is 0.182. The summed E-state index contributed by atoms with van der Waals surface area (Å²) < 4.78 is 15.5. The SMILES string of the molecule is CCC(OC(C)=O)(OC(C)=O)Oc1ccccc1. The zero-order chi connectivity index (χ0) is 13.6. The predicted molar refractivity (Wildman–Crippen MR) is 63.6 cm³/mol. The second-order valence-electron chi connectivity index (χ2n) is 3.64. The van der Waals surface area contributed by atoms with Crippen LogP contribution in [0, 0.1) is 0 Å². The van der Waals surface area contributed by atoms with Gasteiger partial charge in [-0.15, -0.1) is 0 Å². The Labute approximate surface area is 106 Å². The van der Waals surface area contributed by atoms with Crippen LogP contribution in [0.4, 0.5) is 0 Å². The molecule has 0 aliphatic carbocycles. The average Bonchev–Trinajstić information content (AvgIpc) is 2.28. The molecule has 0 bridgehead atoms. The number of hydrogen-bond donors (Lipinski definition) is 0. The Kier molecular flexibility index (Phi) is 4.71. The maximum atomic E-state index is 11.1. The molecule has 1 aromatic rings. The second-order valence-corrected chi connectivity index (χ2v) is 3.64. The van der Waals surface area contributed by atoms with Gasteiger partial charge in [-0.25, -0.2) is 0 Å². The Bertz CT molecular complexity index is 397. The Morgan fingerprint density at radius 1 is 1.06 bits per heavy atom. The third-order valence-electron chi connectivity index (χ3n) is 2.05. The molecule has 0 radical (unpaired) electrons. The van der Waals surface area contributed by atoms with E-state index in [0.29, 0.717) is 5.75 Å². The molecule has 0 unspecified atom stereocenters. The molecule has 0 aromatic heterocycles. The van der Waals surface area contributed by atoms with E-state index >= 15 is 0 Å². The number of esters is 2. The van der Waals surface area contributed by atoms with E-state index in [9.17, 15) is 9.59 Å². The van der Waals surface area contributed by atoms with Crippen LogP contribution >= 0.6 is 0 Å². The molecule has 18 heavy (non-hydrogen) atoms. The van der Waals surface area contributed by atoms with Gasteiger partial charge in [-0.3, -0.25) is 9.59 Å². The van der Waals surface area contributed by atoms with Crippen molar-refractivity contribution in [2.75, 3.05) is 0 Å². The van der Waals surface area contributed by atoms with E-state index < -0.39 is 17.9 Å². The van der Waals surface area contributed by atoms with E-state index in [2.05, 4.69) is 0 Å². The van der Waals surface area contributed by atoms with E-state index in [1.54, 1.807) is 31.2 Å². The summed E-state index contributed by atoms with van der Waals surface area (Å²) in [5.74, 6) is -2.44. The fourth-order valence-corrected chi connectivity index (χ4v) is 1.39. The second kappa shape index (κ2) is 6.05. The van der Waals surface area contributed by atoms with Crippen LogP contribution < -0.4 is 4.74 Å². The molecule has 0 N–H and O–H groups in total. The lowest BCUT2D eigenvalue weighted by molar-refractivity contribution is -0.309. The lowest BCUT2D eigenvalue weighted by atomic mass is 10.3. The van der Waals surface area contributed by atoms with Crippen LogP contribution in [-0.2, 0) is 19.1 Å². The van der Waals surface area contributed by atoms with E-state index in [1.165, 1.54) is 13.8 Å². The summed E-state index contributed by atoms with van der Waals surface area (Å²) in [5.41, 5.74) is 0. The van der Waals surface area contributed by atoms with E-state index in [-0.39, 0.29) is 6.42 Å². The molecule has 0 saturated heterocycles. The lowest BCUT2D eigenvalue weighted by Gasteiger charge is -2.30. The summed E-state index contributed by atoms with van der Waals surface area (Å²) in [4.78, 5) is 22.2. The predicted octanol–water partition coefficient (Wildman–Crippen LogP) is 2.26. The van der Waals surface area contributed by atoms with E-state index in [4.69, 9.17) is 14.2 Å². The molecule has 0 spiro atoms. The minimum absolute atomic E-state index is 0.182. The zero-order valence-corrected chi connectivity index (χ0v) is 10.6. The first kappa shape index (κ1) is 14.0. The third kappa shape index (κ3) is 4.08. The largest absolute Gasteiger partial charge is 0.421 e. The van der Waals surface area contributed by atoms with Gasteiger partial charge in [0.05, 0.1) is 6.42 Å². The summed E-state index contributed by atoms with van der Waals surface area (Å²) in [6.45, 7) is 4.14. The summed E-state index contributed by atoms with van der Waals surface area (Å²) in [7, 11) is 0. The first-order chi connectivity index (χ1) is 8.47. The molecule has 98 valence electrons.